The minimum Gasteiger partial charge on any atom is -0.318 e. The summed E-state index contributed by atoms with van der Waals surface area (Å²) in [6.45, 7) is 4.75. The summed E-state index contributed by atoms with van der Waals surface area (Å²) in [5, 5.41) is 0. The molecule has 150 valence electrons. The fraction of sp³-hybridized carbons (Fsp3) is 0.400. The lowest BCUT2D eigenvalue weighted by Crippen LogP contribution is -3.19. The molecule has 1 amide bonds. The van der Waals surface area contributed by atoms with Crippen LogP contribution in [0.4, 0.5) is 24.7 Å². The second-order valence-corrected chi connectivity index (χ2v) is 7.06. The topological polar surface area (TPSA) is 42.1 Å². The van der Waals surface area contributed by atoms with Crippen molar-refractivity contribution in [3.8, 4) is 0 Å². The van der Waals surface area contributed by atoms with E-state index in [0.29, 0.717) is 18.9 Å². The van der Waals surface area contributed by atoms with Crippen molar-refractivity contribution in [1.82, 2.24) is 0 Å². The van der Waals surface area contributed by atoms with E-state index in [1.807, 2.05) is 42.2 Å². The number of likely N-dealkylation sites (N-methyl/N-ethyl adjacent to an activating group) is 1. The Hall–Kier alpha value is -2.61. The van der Waals surface area contributed by atoms with Crippen molar-refractivity contribution in [3.05, 3.63) is 54.2 Å². The van der Waals surface area contributed by atoms with Crippen LogP contribution in [0.25, 0.3) is 0 Å². The van der Waals surface area contributed by atoms with E-state index in [4.69, 9.17) is 0 Å². The first-order valence-corrected chi connectivity index (χ1v) is 9.28. The molecule has 8 heteroatoms. The quantitative estimate of drug-likeness (QED) is 0.849. The first-order chi connectivity index (χ1) is 13.3. The number of para-hydroxylation sites is 1. The number of quaternary nitrogens is 1. The molecule has 1 aliphatic rings. The average Bonchev–Trinajstić information content (AvgIpc) is 2.72. The van der Waals surface area contributed by atoms with Gasteiger partial charge in [-0.15, -0.1) is 0 Å². The molecular formula is C20H25F3N4O+2. The van der Waals surface area contributed by atoms with Gasteiger partial charge in [0.2, 0.25) is 0 Å². The Bertz CT molecular complexity index is 787. The van der Waals surface area contributed by atoms with Crippen molar-refractivity contribution in [2.75, 3.05) is 43.0 Å². The Morgan fingerprint density at radius 1 is 1.14 bits per heavy atom. The number of nitrogens with zero attached hydrogens (tertiary/aromatic N) is 2. The smallest absolute Gasteiger partial charge is 0.318 e. The first kappa shape index (κ1) is 20.1. The molecule has 1 fully saturated rings. The number of benzene rings is 1. The van der Waals surface area contributed by atoms with E-state index in [0.717, 1.165) is 31.0 Å². The van der Waals surface area contributed by atoms with Crippen molar-refractivity contribution in [1.29, 1.82) is 0 Å². The van der Waals surface area contributed by atoms with Gasteiger partial charge in [-0.05, 0) is 25.1 Å². The van der Waals surface area contributed by atoms with Gasteiger partial charge in [-0.1, -0.05) is 18.2 Å². The fourth-order valence-corrected chi connectivity index (χ4v) is 3.50. The summed E-state index contributed by atoms with van der Waals surface area (Å²) >= 11 is 0. The number of pyridine rings is 1. The van der Waals surface area contributed by atoms with Gasteiger partial charge in [0.25, 0.3) is 11.7 Å². The van der Waals surface area contributed by atoms with E-state index < -0.39 is 11.7 Å². The molecule has 2 aromatic rings. The van der Waals surface area contributed by atoms with E-state index in [1.54, 1.807) is 11.9 Å². The molecule has 3 rings (SSSR count). The maximum atomic E-state index is 12.8. The lowest BCUT2D eigenvalue weighted by Gasteiger charge is -2.33. The van der Waals surface area contributed by atoms with E-state index >= 15 is 0 Å². The standard InChI is InChI=1S/C20H23F3N4O/c1-15(19(28)25(2)17-6-4-3-5-7-17)26-10-12-27(13-11-26)18-9-8-16(14-24-18)20(21,22)23/h3-9,14-15H,10-13H2,1-2H3/p+2/t15-/m0/s1. The number of piperazine rings is 1. The van der Waals surface area contributed by atoms with Gasteiger partial charge in [0.05, 0.1) is 5.56 Å². The number of aromatic nitrogens is 1. The van der Waals surface area contributed by atoms with E-state index in [1.165, 1.54) is 11.0 Å². The Morgan fingerprint density at radius 3 is 2.32 bits per heavy atom. The van der Waals surface area contributed by atoms with Crippen LogP contribution in [0.15, 0.2) is 48.7 Å². The number of carbonyl (C=O) groups excluding carboxylic acids is 1. The zero-order valence-electron chi connectivity index (χ0n) is 16.0. The number of rotatable bonds is 4. The molecule has 1 atom stereocenters. The van der Waals surface area contributed by atoms with E-state index in [2.05, 4.69) is 4.98 Å². The lowest BCUT2D eigenvalue weighted by atomic mass is 10.2. The predicted molar refractivity (Wildman–Crippen MR) is 100 cm³/mol. The number of alkyl halides is 3. The summed E-state index contributed by atoms with van der Waals surface area (Å²) in [6.07, 6.45) is -3.35. The summed E-state index contributed by atoms with van der Waals surface area (Å²) in [5.41, 5.74) is 0.167. The van der Waals surface area contributed by atoms with Crippen LogP contribution in [0.3, 0.4) is 0 Å². The van der Waals surface area contributed by atoms with Crippen molar-refractivity contribution in [2.45, 2.75) is 19.1 Å². The van der Waals surface area contributed by atoms with Gasteiger partial charge < -0.3 is 9.80 Å². The zero-order chi connectivity index (χ0) is 20.3. The monoisotopic (exact) mass is 394 g/mol. The molecule has 0 aliphatic carbocycles. The third-order valence-electron chi connectivity index (χ3n) is 5.33. The summed E-state index contributed by atoms with van der Waals surface area (Å²) < 4.78 is 38.1. The van der Waals surface area contributed by atoms with Crippen LogP contribution in [0.5, 0.6) is 0 Å². The minimum absolute atomic E-state index is 0.0516. The van der Waals surface area contributed by atoms with Crippen molar-refractivity contribution >= 4 is 17.4 Å². The molecule has 2 N–H and O–H groups in total. The van der Waals surface area contributed by atoms with Gasteiger partial charge in [0, 0.05) is 18.8 Å². The molecule has 1 aromatic heterocycles. The molecule has 0 radical (unpaired) electrons. The number of anilines is 2. The molecule has 0 unspecified atom stereocenters. The van der Waals surface area contributed by atoms with Gasteiger partial charge in [-0.2, -0.15) is 13.2 Å². The molecule has 1 aliphatic heterocycles. The highest BCUT2D eigenvalue weighted by Crippen LogP contribution is 2.28. The second kappa shape index (κ2) is 8.18. The SMILES string of the molecule is C[C@@H](C(=O)N(C)c1ccccc1)[NH+]1CCN(c2ccc(C(F)(F)F)c[nH+]2)CC1. The second-order valence-electron chi connectivity index (χ2n) is 7.06. The van der Waals surface area contributed by atoms with Crippen molar-refractivity contribution < 1.29 is 27.8 Å². The molecular weight excluding hydrogens is 369 g/mol. The van der Waals surface area contributed by atoms with Crippen LogP contribution in [-0.2, 0) is 11.0 Å². The fourth-order valence-electron chi connectivity index (χ4n) is 3.50. The number of carbonyl (C=O) groups is 1. The van der Waals surface area contributed by atoms with E-state index in [-0.39, 0.29) is 11.9 Å². The first-order valence-electron chi connectivity index (χ1n) is 9.28. The van der Waals surface area contributed by atoms with Gasteiger partial charge in [-0.3, -0.25) is 9.69 Å². The highest BCUT2D eigenvalue weighted by molar-refractivity contribution is 5.95. The van der Waals surface area contributed by atoms with Crippen LogP contribution in [0.2, 0.25) is 0 Å². The van der Waals surface area contributed by atoms with Crippen molar-refractivity contribution in [3.63, 3.8) is 0 Å². The van der Waals surface area contributed by atoms with Gasteiger partial charge in [0.1, 0.15) is 32.4 Å². The van der Waals surface area contributed by atoms with Crippen LogP contribution < -0.4 is 19.7 Å². The van der Waals surface area contributed by atoms with Crippen LogP contribution >= 0.6 is 0 Å². The highest BCUT2D eigenvalue weighted by Gasteiger charge is 2.35. The maximum absolute atomic E-state index is 12.8. The largest absolute Gasteiger partial charge is 0.419 e. The Morgan fingerprint density at radius 2 is 1.79 bits per heavy atom. The van der Waals surface area contributed by atoms with Gasteiger partial charge in [0.15, 0.2) is 6.04 Å². The summed E-state index contributed by atoms with van der Waals surface area (Å²) in [7, 11) is 1.78. The Balaban J connectivity index is 1.58. The number of amides is 1. The molecule has 2 heterocycles. The number of hydrogen-bond donors (Lipinski definition) is 1. The average molecular weight is 394 g/mol. The zero-order valence-corrected chi connectivity index (χ0v) is 16.0. The number of H-pyrrole nitrogens is 1. The molecule has 1 saturated heterocycles. The maximum Gasteiger partial charge on any atom is 0.419 e. The highest BCUT2D eigenvalue weighted by atomic mass is 19.4. The summed E-state index contributed by atoms with van der Waals surface area (Å²) in [6, 6.07) is 11.9. The number of hydrogen-bond acceptors (Lipinski definition) is 2. The van der Waals surface area contributed by atoms with Gasteiger partial charge >= 0.3 is 6.18 Å². The van der Waals surface area contributed by atoms with Crippen molar-refractivity contribution in [2.24, 2.45) is 0 Å². The van der Waals surface area contributed by atoms with Crippen LogP contribution in [0, 0.1) is 0 Å². The summed E-state index contributed by atoms with van der Waals surface area (Å²) in [5.74, 6) is 0.711. The third-order valence-corrected chi connectivity index (χ3v) is 5.33. The number of halogens is 3. The molecule has 0 bridgehead atoms. The van der Waals surface area contributed by atoms with Gasteiger partial charge in [-0.25, -0.2) is 4.98 Å². The summed E-state index contributed by atoms with van der Waals surface area (Å²) in [4.78, 5) is 20.4. The number of aromatic amines is 1. The molecule has 5 nitrogen and oxygen atoms in total. The molecule has 28 heavy (non-hydrogen) atoms. The normalized spacial score (nSPS) is 16.7. The predicted octanol–water partition coefficient (Wildman–Crippen LogP) is 1.28. The Kier molecular flexibility index (Phi) is 5.88. The number of nitrogens with one attached hydrogen (secondary N) is 2. The van der Waals surface area contributed by atoms with Crippen LogP contribution in [0.1, 0.15) is 12.5 Å². The minimum atomic E-state index is -4.35. The molecule has 0 spiro atoms. The molecule has 0 saturated carbocycles. The van der Waals surface area contributed by atoms with Crippen LogP contribution in [-0.4, -0.2) is 45.2 Å². The third kappa shape index (κ3) is 4.44. The lowest BCUT2D eigenvalue weighted by molar-refractivity contribution is -0.914. The van der Waals surface area contributed by atoms with E-state index in [9.17, 15) is 18.0 Å². The Labute approximate surface area is 162 Å². The molecule has 1 aromatic carbocycles.